The van der Waals surface area contributed by atoms with Gasteiger partial charge in [-0.05, 0) is 30.0 Å². The molecule has 1 atom stereocenters. The van der Waals surface area contributed by atoms with Crippen molar-refractivity contribution in [2.45, 2.75) is 25.3 Å². The number of amides is 1. The summed E-state index contributed by atoms with van der Waals surface area (Å²) in [4.78, 5) is 22.7. The number of sulfonamides is 1. The number of rotatable bonds is 5. The summed E-state index contributed by atoms with van der Waals surface area (Å²) in [6.45, 7) is 5.81. The Morgan fingerprint density at radius 2 is 2.00 bits per heavy atom. The summed E-state index contributed by atoms with van der Waals surface area (Å²) in [5, 5.41) is 0.795. The molecule has 0 saturated carbocycles. The minimum absolute atomic E-state index is 0.0664. The Morgan fingerprint density at radius 1 is 1.24 bits per heavy atom. The third-order valence-electron chi connectivity index (χ3n) is 6.91. The highest BCUT2D eigenvalue weighted by Gasteiger charge is 2.33. The fraction of sp³-hybridized carbons (Fsp3) is 0.375. The SMILES string of the molecule is C=CC(=O)N1CCC(c2c(-c3ccc(CN4CCCS4(=O)=O)cc3)c3c(N)ncnc3n2C)C1. The average Bonchev–Trinajstić information content (AvgIpc) is 3.51. The lowest BCUT2D eigenvalue weighted by atomic mass is 9.94. The van der Waals surface area contributed by atoms with Crippen LogP contribution in [-0.2, 0) is 28.4 Å². The van der Waals surface area contributed by atoms with Gasteiger partial charge >= 0.3 is 0 Å². The second-order valence-electron chi connectivity index (χ2n) is 8.95. The number of hydrogen-bond donors (Lipinski definition) is 1. The number of nitrogen functional groups attached to an aromatic ring is 1. The van der Waals surface area contributed by atoms with Crippen LogP contribution in [0.1, 0.15) is 30.0 Å². The number of carbonyl (C=O) groups is 1. The van der Waals surface area contributed by atoms with Crippen LogP contribution >= 0.6 is 0 Å². The van der Waals surface area contributed by atoms with Gasteiger partial charge in [-0.3, -0.25) is 4.79 Å². The predicted molar refractivity (Wildman–Crippen MR) is 131 cm³/mol. The average molecular weight is 481 g/mol. The van der Waals surface area contributed by atoms with Crippen molar-refractivity contribution in [3.05, 3.63) is 54.5 Å². The number of hydrogen-bond acceptors (Lipinski definition) is 6. The molecule has 2 N–H and O–H groups in total. The van der Waals surface area contributed by atoms with Crippen LogP contribution in [0.3, 0.4) is 0 Å². The minimum atomic E-state index is -3.15. The summed E-state index contributed by atoms with van der Waals surface area (Å²) in [5.41, 5.74) is 11.0. The molecule has 1 unspecified atom stereocenters. The molecule has 2 saturated heterocycles. The Morgan fingerprint density at radius 3 is 2.68 bits per heavy atom. The van der Waals surface area contributed by atoms with Crippen molar-refractivity contribution in [2.75, 3.05) is 31.1 Å². The van der Waals surface area contributed by atoms with Crippen molar-refractivity contribution in [3.8, 4) is 11.1 Å². The second-order valence-corrected chi connectivity index (χ2v) is 11.0. The quantitative estimate of drug-likeness (QED) is 0.560. The minimum Gasteiger partial charge on any atom is -0.383 e. The van der Waals surface area contributed by atoms with Crippen molar-refractivity contribution >= 4 is 32.8 Å². The van der Waals surface area contributed by atoms with Crippen molar-refractivity contribution < 1.29 is 13.2 Å². The largest absolute Gasteiger partial charge is 0.383 e. The van der Waals surface area contributed by atoms with Gasteiger partial charge in [-0.25, -0.2) is 18.4 Å². The van der Waals surface area contributed by atoms with E-state index in [0.717, 1.165) is 39.8 Å². The van der Waals surface area contributed by atoms with E-state index in [2.05, 4.69) is 21.1 Å². The van der Waals surface area contributed by atoms with E-state index in [4.69, 9.17) is 5.73 Å². The zero-order valence-electron chi connectivity index (χ0n) is 19.1. The first-order chi connectivity index (χ1) is 16.3. The Bertz CT molecular complexity index is 1380. The standard InChI is InChI=1S/C24H28N6O3S/c1-3-19(31)29-11-9-18(14-29)22-20(21-23(25)26-15-27-24(21)28(22)2)17-7-5-16(6-8-17)13-30-10-4-12-34(30,32)33/h3,5-8,15,18H,1,4,9-14H2,2H3,(H2,25,26,27). The molecule has 2 aromatic heterocycles. The van der Waals surface area contributed by atoms with Gasteiger partial charge in [-0.2, -0.15) is 4.31 Å². The van der Waals surface area contributed by atoms with Crippen LogP contribution in [0.5, 0.6) is 0 Å². The fourth-order valence-corrected chi connectivity index (χ4v) is 6.73. The van der Waals surface area contributed by atoms with E-state index in [1.807, 2.05) is 36.2 Å². The Balaban J connectivity index is 1.56. The first-order valence-electron chi connectivity index (χ1n) is 11.4. The molecule has 10 heteroatoms. The van der Waals surface area contributed by atoms with Gasteiger partial charge in [0.25, 0.3) is 0 Å². The summed E-state index contributed by atoms with van der Waals surface area (Å²) in [6, 6.07) is 7.94. The maximum Gasteiger partial charge on any atom is 0.245 e. The number of aryl methyl sites for hydroxylation is 1. The molecule has 5 rings (SSSR count). The van der Waals surface area contributed by atoms with Gasteiger partial charge in [0.15, 0.2) is 0 Å². The maximum absolute atomic E-state index is 12.2. The molecule has 0 aliphatic carbocycles. The summed E-state index contributed by atoms with van der Waals surface area (Å²) in [7, 11) is -1.18. The molecular formula is C24H28N6O3S. The van der Waals surface area contributed by atoms with Gasteiger partial charge in [0.05, 0.1) is 11.1 Å². The van der Waals surface area contributed by atoms with Crippen molar-refractivity contribution in [3.63, 3.8) is 0 Å². The van der Waals surface area contributed by atoms with Gasteiger partial charge in [0.2, 0.25) is 15.9 Å². The third kappa shape index (κ3) is 3.76. The summed E-state index contributed by atoms with van der Waals surface area (Å²) < 4.78 is 28.0. The summed E-state index contributed by atoms with van der Waals surface area (Å²) >= 11 is 0. The zero-order valence-corrected chi connectivity index (χ0v) is 20.0. The van der Waals surface area contributed by atoms with Crippen LogP contribution in [0.4, 0.5) is 5.82 Å². The Labute approximate surface area is 198 Å². The van der Waals surface area contributed by atoms with E-state index in [0.29, 0.717) is 38.4 Å². The second kappa shape index (κ2) is 8.52. The Hall–Kier alpha value is -3.24. The molecule has 1 amide bonds. The Kier molecular flexibility index (Phi) is 5.65. The van der Waals surface area contributed by atoms with E-state index in [1.54, 1.807) is 4.31 Å². The highest BCUT2D eigenvalue weighted by atomic mass is 32.2. The highest BCUT2D eigenvalue weighted by molar-refractivity contribution is 7.89. The maximum atomic E-state index is 12.2. The van der Waals surface area contributed by atoms with Crippen LogP contribution in [0.25, 0.3) is 22.2 Å². The van der Waals surface area contributed by atoms with Gasteiger partial charge in [-0.1, -0.05) is 30.8 Å². The van der Waals surface area contributed by atoms with Gasteiger partial charge in [0.1, 0.15) is 17.8 Å². The number of fused-ring (bicyclic) bond motifs is 1. The topological polar surface area (TPSA) is 114 Å². The predicted octanol–water partition coefficient (Wildman–Crippen LogP) is 2.25. The van der Waals surface area contributed by atoms with Crippen molar-refractivity contribution in [1.29, 1.82) is 0 Å². The van der Waals surface area contributed by atoms with Gasteiger partial charge in [0, 0.05) is 50.4 Å². The molecule has 2 aliphatic heterocycles. The first kappa shape index (κ1) is 22.5. The number of nitrogens with zero attached hydrogens (tertiary/aromatic N) is 5. The highest BCUT2D eigenvalue weighted by Crippen LogP contribution is 2.42. The van der Waals surface area contributed by atoms with E-state index in [9.17, 15) is 13.2 Å². The molecule has 0 bridgehead atoms. The molecule has 178 valence electrons. The lowest BCUT2D eigenvalue weighted by molar-refractivity contribution is -0.125. The van der Waals surface area contributed by atoms with Crippen molar-refractivity contribution in [2.24, 2.45) is 7.05 Å². The van der Waals surface area contributed by atoms with Crippen LogP contribution in [0.2, 0.25) is 0 Å². The summed E-state index contributed by atoms with van der Waals surface area (Å²) in [6.07, 6.45) is 4.32. The molecule has 0 radical (unpaired) electrons. The van der Waals surface area contributed by atoms with Crippen LogP contribution in [0, 0.1) is 0 Å². The molecule has 9 nitrogen and oxygen atoms in total. The van der Waals surface area contributed by atoms with Crippen molar-refractivity contribution in [1.82, 2.24) is 23.7 Å². The van der Waals surface area contributed by atoms with Crippen LogP contribution in [0.15, 0.2) is 43.2 Å². The lowest BCUT2D eigenvalue weighted by Gasteiger charge is -2.17. The van der Waals surface area contributed by atoms with Crippen LogP contribution in [-0.4, -0.2) is 63.5 Å². The summed E-state index contributed by atoms with van der Waals surface area (Å²) in [5.74, 6) is 0.678. The monoisotopic (exact) mass is 480 g/mol. The fourth-order valence-electron chi connectivity index (χ4n) is 5.23. The zero-order chi connectivity index (χ0) is 24.0. The lowest BCUT2D eigenvalue weighted by Crippen LogP contribution is -2.26. The molecule has 1 aromatic carbocycles. The van der Waals surface area contributed by atoms with Gasteiger partial charge < -0.3 is 15.2 Å². The number of carbonyl (C=O) groups excluding carboxylic acids is 1. The number of nitrogens with two attached hydrogens (primary N) is 1. The third-order valence-corrected chi connectivity index (χ3v) is 8.81. The molecule has 2 aliphatic rings. The normalized spacial score (nSPS) is 20.3. The molecule has 3 aromatic rings. The number of aromatic nitrogens is 3. The van der Waals surface area contributed by atoms with Gasteiger partial charge in [-0.15, -0.1) is 0 Å². The number of anilines is 1. The van der Waals surface area contributed by atoms with E-state index in [1.165, 1.54) is 12.4 Å². The molecule has 34 heavy (non-hydrogen) atoms. The molecular weight excluding hydrogens is 452 g/mol. The van der Waals surface area contributed by atoms with Crippen LogP contribution < -0.4 is 5.73 Å². The molecule has 2 fully saturated rings. The molecule has 4 heterocycles. The number of likely N-dealkylation sites (tertiary alicyclic amines) is 1. The smallest absolute Gasteiger partial charge is 0.245 e. The first-order valence-corrected chi connectivity index (χ1v) is 13.0. The van der Waals surface area contributed by atoms with E-state index < -0.39 is 10.0 Å². The van der Waals surface area contributed by atoms with E-state index >= 15 is 0 Å². The van der Waals surface area contributed by atoms with E-state index in [-0.39, 0.29) is 17.6 Å². The number of benzene rings is 1. The molecule has 0 spiro atoms.